The first-order valence-electron chi connectivity index (χ1n) is 12.2. The smallest absolute Gasteiger partial charge is 0.272 e. The fraction of sp³-hybridized carbons (Fsp3) is 0.0645. The molecule has 0 aliphatic heterocycles. The Morgan fingerprint density at radius 1 is 0.825 bits per heavy atom. The summed E-state index contributed by atoms with van der Waals surface area (Å²) in [7, 11) is 1.56. The average Bonchev–Trinajstić information content (AvgIpc) is 2.98. The lowest BCUT2D eigenvalue weighted by Crippen LogP contribution is -2.30. The highest BCUT2D eigenvalue weighted by atomic mass is 127. The summed E-state index contributed by atoms with van der Waals surface area (Å²) in [6.07, 6.45) is 1.59. The van der Waals surface area contributed by atoms with Crippen molar-refractivity contribution >= 4 is 69.5 Å². The second-order valence-corrected chi connectivity index (χ2v) is 10.8. The van der Waals surface area contributed by atoms with Gasteiger partial charge >= 0.3 is 0 Å². The van der Waals surface area contributed by atoms with Crippen LogP contribution in [0.15, 0.2) is 114 Å². The average molecular weight is 664 g/mol. The molecule has 9 heteroatoms. The molecule has 0 bridgehead atoms. The zero-order valence-electron chi connectivity index (χ0n) is 21.5. The van der Waals surface area contributed by atoms with Crippen LogP contribution in [0.2, 0.25) is 0 Å². The van der Waals surface area contributed by atoms with Crippen LogP contribution >= 0.6 is 34.4 Å². The minimum atomic E-state index is -0.482. The van der Waals surface area contributed by atoms with Crippen LogP contribution < -0.4 is 20.7 Å². The van der Waals surface area contributed by atoms with Crippen LogP contribution in [0.5, 0.6) is 5.75 Å². The molecule has 7 nitrogen and oxygen atoms in total. The standard InChI is InChI=1S/C31H26IN3O4S/c1-39-26-9-5-6-21(18-26)19-28(35-30(37)22-7-3-2-4-8-22)31(38)34-25-14-16-27(17-15-25)40-20-29(36)33-24-12-10-23(32)11-13-24/h2-19H,20H2,1H3,(H,33,36)(H,34,38)(H,35,37)/b28-19-. The fourth-order valence-corrected chi connectivity index (χ4v) is 4.61. The quantitative estimate of drug-likeness (QED) is 0.103. The van der Waals surface area contributed by atoms with E-state index in [1.165, 1.54) is 11.8 Å². The van der Waals surface area contributed by atoms with Gasteiger partial charge in [-0.2, -0.15) is 0 Å². The first kappa shape index (κ1) is 28.9. The van der Waals surface area contributed by atoms with Gasteiger partial charge in [-0.3, -0.25) is 14.4 Å². The first-order valence-corrected chi connectivity index (χ1v) is 14.3. The first-order chi connectivity index (χ1) is 19.4. The molecule has 4 aromatic rings. The van der Waals surface area contributed by atoms with Gasteiger partial charge in [-0.15, -0.1) is 11.8 Å². The molecule has 0 saturated heterocycles. The normalized spacial score (nSPS) is 10.9. The molecule has 0 atom stereocenters. The molecule has 0 saturated carbocycles. The van der Waals surface area contributed by atoms with E-state index >= 15 is 0 Å². The number of benzene rings is 4. The summed E-state index contributed by atoms with van der Waals surface area (Å²) >= 11 is 3.60. The molecule has 0 fully saturated rings. The fourth-order valence-electron chi connectivity index (χ4n) is 3.55. The number of methoxy groups -OCH3 is 1. The third-order valence-corrected chi connectivity index (χ3v) is 7.27. The Balaban J connectivity index is 1.41. The van der Waals surface area contributed by atoms with Crippen LogP contribution in [-0.2, 0) is 9.59 Å². The Hall–Kier alpha value is -4.09. The van der Waals surface area contributed by atoms with Gasteiger partial charge in [0.25, 0.3) is 11.8 Å². The number of hydrogen-bond donors (Lipinski definition) is 3. The van der Waals surface area contributed by atoms with Crippen molar-refractivity contribution in [1.82, 2.24) is 5.32 Å². The van der Waals surface area contributed by atoms with Crippen molar-refractivity contribution in [3.63, 3.8) is 0 Å². The van der Waals surface area contributed by atoms with Gasteiger partial charge in [-0.25, -0.2) is 0 Å². The summed E-state index contributed by atoms with van der Waals surface area (Å²) < 4.78 is 6.37. The van der Waals surface area contributed by atoms with Crippen molar-refractivity contribution in [3.8, 4) is 5.75 Å². The van der Waals surface area contributed by atoms with E-state index in [4.69, 9.17) is 4.74 Å². The van der Waals surface area contributed by atoms with Crippen LogP contribution in [-0.4, -0.2) is 30.6 Å². The highest BCUT2D eigenvalue weighted by Crippen LogP contribution is 2.22. The molecular formula is C31H26IN3O4S. The van der Waals surface area contributed by atoms with Gasteiger partial charge in [0.05, 0.1) is 12.9 Å². The highest BCUT2D eigenvalue weighted by molar-refractivity contribution is 14.1. The minimum Gasteiger partial charge on any atom is -0.497 e. The van der Waals surface area contributed by atoms with E-state index in [0.717, 1.165) is 14.2 Å². The lowest BCUT2D eigenvalue weighted by Gasteiger charge is -2.12. The van der Waals surface area contributed by atoms with Gasteiger partial charge in [-0.1, -0.05) is 30.3 Å². The van der Waals surface area contributed by atoms with E-state index in [-0.39, 0.29) is 17.4 Å². The van der Waals surface area contributed by atoms with Crippen LogP contribution in [0.3, 0.4) is 0 Å². The SMILES string of the molecule is COc1cccc(/C=C(\NC(=O)c2ccccc2)C(=O)Nc2ccc(SCC(=O)Nc3ccc(I)cc3)cc2)c1. The van der Waals surface area contributed by atoms with Crippen molar-refractivity contribution in [2.45, 2.75) is 4.90 Å². The molecular weight excluding hydrogens is 637 g/mol. The number of nitrogens with one attached hydrogen (secondary N) is 3. The third kappa shape index (κ3) is 8.72. The molecule has 40 heavy (non-hydrogen) atoms. The lowest BCUT2D eigenvalue weighted by atomic mass is 10.1. The van der Waals surface area contributed by atoms with E-state index in [2.05, 4.69) is 38.5 Å². The van der Waals surface area contributed by atoms with Gasteiger partial charge in [0.1, 0.15) is 11.4 Å². The molecule has 0 radical (unpaired) electrons. The van der Waals surface area contributed by atoms with E-state index in [0.29, 0.717) is 22.6 Å². The number of amides is 3. The van der Waals surface area contributed by atoms with E-state index in [1.807, 2.05) is 48.5 Å². The predicted molar refractivity (Wildman–Crippen MR) is 168 cm³/mol. The summed E-state index contributed by atoms with van der Waals surface area (Å²) in [5.41, 5.74) is 2.49. The molecule has 202 valence electrons. The maximum atomic E-state index is 13.2. The maximum absolute atomic E-state index is 13.2. The van der Waals surface area contributed by atoms with Crippen molar-refractivity contribution < 1.29 is 19.1 Å². The van der Waals surface area contributed by atoms with Gasteiger partial charge in [0, 0.05) is 25.4 Å². The van der Waals surface area contributed by atoms with E-state index in [1.54, 1.807) is 67.8 Å². The molecule has 3 N–H and O–H groups in total. The number of rotatable bonds is 10. The van der Waals surface area contributed by atoms with Crippen LogP contribution in [0.25, 0.3) is 6.08 Å². The zero-order valence-corrected chi connectivity index (χ0v) is 24.5. The third-order valence-electron chi connectivity index (χ3n) is 5.54. The Kier molecular flexibility index (Phi) is 10.4. The molecule has 0 aliphatic rings. The number of thioether (sulfide) groups is 1. The maximum Gasteiger partial charge on any atom is 0.272 e. The Labute approximate surface area is 250 Å². The topological polar surface area (TPSA) is 96.5 Å². The Bertz CT molecular complexity index is 1510. The summed E-state index contributed by atoms with van der Waals surface area (Å²) in [4.78, 5) is 39.3. The number of carbonyl (C=O) groups excluding carboxylic acids is 3. The van der Waals surface area contributed by atoms with Gasteiger partial charge in [0.15, 0.2) is 0 Å². The predicted octanol–water partition coefficient (Wildman–Crippen LogP) is 6.44. The summed E-state index contributed by atoms with van der Waals surface area (Å²) in [5, 5.41) is 8.44. The molecule has 0 heterocycles. The van der Waals surface area contributed by atoms with Crippen LogP contribution in [0.4, 0.5) is 11.4 Å². The monoisotopic (exact) mass is 663 g/mol. The van der Waals surface area contributed by atoms with Gasteiger partial charge < -0.3 is 20.7 Å². The van der Waals surface area contributed by atoms with Crippen molar-refractivity contribution in [3.05, 3.63) is 124 Å². The second-order valence-electron chi connectivity index (χ2n) is 8.48. The van der Waals surface area contributed by atoms with Crippen molar-refractivity contribution in [2.75, 3.05) is 23.5 Å². The Morgan fingerprint density at radius 3 is 2.20 bits per heavy atom. The number of carbonyl (C=O) groups is 3. The van der Waals surface area contributed by atoms with Crippen LogP contribution in [0.1, 0.15) is 15.9 Å². The van der Waals surface area contributed by atoms with Gasteiger partial charge in [0.2, 0.25) is 5.91 Å². The molecule has 3 amide bonds. The highest BCUT2D eigenvalue weighted by Gasteiger charge is 2.15. The second kappa shape index (κ2) is 14.3. The molecule has 0 aromatic heterocycles. The number of hydrogen-bond acceptors (Lipinski definition) is 5. The van der Waals surface area contributed by atoms with E-state index < -0.39 is 11.8 Å². The van der Waals surface area contributed by atoms with Crippen LogP contribution in [0, 0.1) is 3.57 Å². The molecule has 0 spiro atoms. The van der Waals surface area contributed by atoms with E-state index in [9.17, 15) is 14.4 Å². The molecule has 0 unspecified atom stereocenters. The largest absolute Gasteiger partial charge is 0.497 e. The summed E-state index contributed by atoms with van der Waals surface area (Å²) in [6, 6.07) is 30.6. The van der Waals surface area contributed by atoms with Crippen molar-refractivity contribution in [1.29, 1.82) is 0 Å². The van der Waals surface area contributed by atoms with Gasteiger partial charge in [-0.05, 0) is 107 Å². The minimum absolute atomic E-state index is 0.0767. The molecule has 4 rings (SSSR count). The summed E-state index contributed by atoms with van der Waals surface area (Å²) in [6.45, 7) is 0. The van der Waals surface area contributed by atoms with Crippen molar-refractivity contribution in [2.24, 2.45) is 0 Å². The number of anilines is 2. The molecule has 4 aromatic carbocycles. The zero-order chi connectivity index (χ0) is 28.3. The number of ether oxygens (including phenoxy) is 1. The lowest BCUT2D eigenvalue weighted by molar-refractivity contribution is -0.114. The number of halogens is 1. The Morgan fingerprint density at radius 2 is 1.50 bits per heavy atom. The summed E-state index contributed by atoms with van der Waals surface area (Å²) in [5.74, 6) is -0.116. The molecule has 0 aliphatic carbocycles.